The fraction of sp³-hybridized carbons (Fsp3) is 0.391. The van der Waals surface area contributed by atoms with Gasteiger partial charge in [0, 0.05) is 31.5 Å². The maximum absolute atomic E-state index is 6.68. The van der Waals surface area contributed by atoms with Gasteiger partial charge in [-0.1, -0.05) is 17.7 Å². The molecule has 146 valence electrons. The first-order chi connectivity index (χ1) is 13.6. The molecule has 0 radical (unpaired) electrons. The highest BCUT2D eigenvalue weighted by atomic mass is 16.5. The van der Waals surface area contributed by atoms with Crippen molar-refractivity contribution in [3.05, 3.63) is 65.2 Å². The zero-order chi connectivity index (χ0) is 19.3. The van der Waals surface area contributed by atoms with E-state index in [2.05, 4.69) is 65.7 Å². The van der Waals surface area contributed by atoms with Crippen molar-refractivity contribution in [2.24, 2.45) is 0 Å². The number of piperidine rings is 1. The Morgan fingerprint density at radius 2 is 1.86 bits per heavy atom. The zero-order valence-corrected chi connectivity index (χ0v) is 16.7. The van der Waals surface area contributed by atoms with Crippen LogP contribution in [-0.4, -0.2) is 42.9 Å². The van der Waals surface area contributed by atoms with Crippen LogP contribution < -0.4 is 14.9 Å². The Bertz CT molecular complexity index is 914. The largest absolute Gasteiger partial charge is 0.497 e. The highest BCUT2D eigenvalue weighted by Crippen LogP contribution is 2.48. The third-order valence-electron chi connectivity index (χ3n) is 6.24. The molecule has 28 heavy (non-hydrogen) atoms. The Morgan fingerprint density at radius 1 is 1.11 bits per heavy atom. The summed E-state index contributed by atoms with van der Waals surface area (Å²) in [7, 11) is 3.88. The predicted octanol–water partition coefficient (Wildman–Crippen LogP) is 3.72. The number of fused-ring (bicyclic) bond motifs is 4. The molecule has 1 fully saturated rings. The van der Waals surface area contributed by atoms with Crippen molar-refractivity contribution < 1.29 is 9.47 Å². The van der Waals surface area contributed by atoms with Crippen LogP contribution >= 0.6 is 0 Å². The van der Waals surface area contributed by atoms with Gasteiger partial charge in [-0.05, 0) is 55.9 Å². The van der Waals surface area contributed by atoms with Crippen LogP contribution in [-0.2, 0) is 0 Å². The van der Waals surface area contributed by atoms with Crippen molar-refractivity contribution in [1.82, 2.24) is 15.3 Å². The standard InChI is InChI=1S/C23H27N3O2/c1-16-4-9-22-19(14-16)21-15-20(17-5-7-18(27-3)8-6-17)24-26(21)23(28-22)10-12-25(2)13-11-23/h4-9,14-15,21,24H,10-13H2,1-3H3/t21-/m0/s1. The Balaban J connectivity index is 1.55. The minimum Gasteiger partial charge on any atom is -0.497 e. The lowest BCUT2D eigenvalue weighted by atomic mass is 9.92. The summed E-state index contributed by atoms with van der Waals surface area (Å²) in [4.78, 5) is 2.38. The smallest absolute Gasteiger partial charge is 0.182 e. The summed E-state index contributed by atoms with van der Waals surface area (Å²) in [6.07, 6.45) is 4.29. The first kappa shape index (κ1) is 17.6. The molecule has 2 aromatic rings. The molecule has 5 rings (SSSR count). The Hall–Kier alpha value is -2.50. The third kappa shape index (κ3) is 2.77. The van der Waals surface area contributed by atoms with Gasteiger partial charge in [-0.25, -0.2) is 0 Å². The summed E-state index contributed by atoms with van der Waals surface area (Å²) in [6.45, 7) is 4.20. The molecule has 5 nitrogen and oxygen atoms in total. The maximum Gasteiger partial charge on any atom is 0.182 e. The van der Waals surface area contributed by atoms with Gasteiger partial charge in [0.15, 0.2) is 5.72 Å². The number of ether oxygens (including phenoxy) is 2. The molecule has 0 amide bonds. The Morgan fingerprint density at radius 3 is 2.57 bits per heavy atom. The summed E-state index contributed by atoms with van der Waals surface area (Å²) in [6, 6.07) is 14.9. The number of aryl methyl sites for hydroxylation is 1. The van der Waals surface area contributed by atoms with E-state index in [-0.39, 0.29) is 11.8 Å². The molecular weight excluding hydrogens is 350 g/mol. The molecule has 2 aromatic carbocycles. The molecule has 3 aliphatic rings. The fourth-order valence-corrected chi connectivity index (χ4v) is 4.54. The average molecular weight is 377 g/mol. The van der Waals surface area contributed by atoms with Gasteiger partial charge in [0.05, 0.1) is 18.8 Å². The molecule has 0 aliphatic carbocycles. The second-order valence-electron chi connectivity index (χ2n) is 8.13. The quantitative estimate of drug-likeness (QED) is 0.863. The van der Waals surface area contributed by atoms with Gasteiger partial charge in [0.2, 0.25) is 0 Å². The third-order valence-corrected chi connectivity index (χ3v) is 6.24. The zero-order valence-electron chi connectivity index (χ0n) is 16.7. The van der Waals surface area contributed by atoms with Crippen LogP contribution in [0.3, 0.4) is 0 Å². The van der Waals surface area contributed by atoms with E-state index in [9.17, 15) is 0 Å². The summed E-state index contributed by atoms with van der Waals surface area (Å²) < 4.78 is 12.0. The van der Waals surface area contributed by atoms with Crippen LogP contribution in [0.4, 0.5) is 0 Å². The Labute approximate surface area is 166 Å². The number of likely N-dealkylation sites (tertiary alicyclic amines) is 1. The van der Waals surface area contributed by atoms with Crippen molar-refractivity contribution in [1.29, 1.82) is 0 Å². The summed E-state index contributed by atoms with van der Waals surface area (Å²) in [5.74, 6) is 1.89. The van der Waals surface area contributed by atoms with E-state index in [4.69, 9.17) is 9.47 Å². The first-order valence-electron chi connectivity index (χ1n) is 9.98. The van der Waals surface area contributed by atoms with Gasteiger partial charge in [-0.15, -0.1) is 0 Å². The van der Waals surface area contributed by atoms with E-state index in [0.29, 0.717) is 0 Å². The van der Waals surface area contributed by atoms with Crippen molar-refractivity contribution >= 4 is 5.70 Å². The molecule has 3 heterocycles. The monoisotopic (exact) mass is 377 g/mol. The van der Waals surface area contributed by atoms with Gasteiger partial charge < -0.3 is 19.8 Å². The molecule has 0 saturated carbocycles. The van der Waals surface area contributed by atoms with Gasteiger partial charge in [-0.2, -0.15) is 5.01 Å². The summed E-state index contributed by atoms with van der Waals surface area (Å²) >= 11 is 0. The van der Waals surface area contributed by atoms with Crippen molar-refractivity contribution in [2.45, 2.75) is 31.5 Å². The first-order valence-corrected chi connectivity index (χ1v) is 9.98. The molecule has 5 heteroatoms. The minimum absolute atomic E-state index is 0.171. The average Bonchev–Trinajstić information content (AvgIpc) is 3.18. The molecule has 1 atom stereocenters. The Kier molecular flexibility index (Phi) is 4.11. The second-order valence-corrected chi connectivity index (χ2v) is 8.13. The number of nitrogens with zero attached hydrogens (tertiary/aromatic N) is 2. The molecule has 0 bridgehead atoms. The van der Waals surface area contributed by atoms with Crippen LogP contribution in [0.15, 0.2) is 48.5 Å². The van der Waals surface area contributed by atoms with Crippen LogP contribution in [0.2, 0.25) is 0 Å². The summed E-state index contributed by atoms with van der Waals surface area (Å²) in [5.41, 5.74) is 8.16. The van der Waals surface area contributed by atoms with E-state index >= 15 is 0 Å². The number of nitrogens with one attached hydrogen (secondary N) is 1. The van der Waals surface area contributed by atoms with Crippen LogP contribution in [0, 0.1) is 6.92 Å². The van der Waals surface area contributed by atoms with Gasteiger partial charge in [-0.3, -0.25) is 0 Å². The number of hydrazine groups is 1. The van der Waals surface area contributed by atoms with Gasteiger partial charge >= 0.3 is 0 Å². The molecule has 1 saturated heterocycles. The number of benzene rings is 2. The topological polar surface area (TPSA) is 37.0 Å². The van der Waals surface area contributed by atoms with Crippen molar-refractivity contribution in [2.75, 3.05) is 27.2 Å². The maximum atomic E-state index is 6.68. The van der Waals surface area contributed by atoms with Gasteiger partial charge in [0.25, 0.3) is 0 Å². The van der Waals surface area contributed by atoms with E-state index in [1.54, 1.807) is 7.11 Å². The summed E-state index contributed by atoms with van der Waals surface area (Å²) in [5, 5.41) is 2.35. The van der Waals surface area contributed by atoms with Crippen LogP contribution in [0.25, 0.3) is 5.70 Å². The minimum atomic E-state index is -0.315. The lowest BCUT2D eigenvalue weighted by molar-refractivity contribution is -0.157. The SMILES string of the molecule is COc1ccc(C2=C[C@H]3c4cc(C)ccc4OC4(CCN(C)CC4)N3N2)cc1. The lowest BCUT2D eigenvalue weighted by Crippen LogP contribution is -2.63. The molecular formula is C23H27N3O2. The van der Waals surface area contributed by atoms with E-state index in [1.807, 2.05) is 12.1 Å². The highest BCUT2D eigenvalue weighted by Gasteiger charge is 2.51. The van der Waals surface area contributed by atoms with E-state index < -0.39 is 0 Å². The molecule has 3 aliphatic heterocycles. The second kappa shape index (κ2) is 6.54. The fourth-order valence-electron chi connectivity index (χ4n) is 4.54. The number of hydrogen-bond donors (Lipinski definition) is 1. The van der Waals surface area contributed by atoms with E-state index in [1.165, 1.54) is 11.1 Å². The number of methoxy groups -OCH3 is 1. The van der Waals surface area contributed by atoms with Crippen LogP contribution in [0.5, 0.6) is 11.5 Å². The molecule has 0 aromatic heterocycles. The highest BCUT2D eigenvalue weighted by molar-refractivity contribution is 5.68. The van der Waals surface area contributed by atoms with Gasteiger partial charge in [0.1, 0.15) is 11.5 Å². The van der Waals surface area contributed by atoms with Crippen LogP contribution in [0.1, 0.15) is 35.6 Å². The molecule has 0 unspecified atom stereocenters. The molecule has 1 N–H and O–H groups in total. The predicted molar refractivity (Wildman–Crippen MR) is 110 cm³/mol. The normalized spacial score (nSPS) is 23.4. The van der Waals surface area contributed by atoms with E-state index in [0.717, 1.165) is 48.7 Å². The van der Waals surface area contributed by atoms with Crippen molar-refractivity contribution in [3.8, 4) is 11.5 Å². The lowest BCUT2D eigenvalue weighted by Gasteiger charge is -2.51. The number of hydrogen-bond acceptors (Lipinski definition) is 5. The number of rotatable bonds is 2. The van der Waals surface area contributed by atoms with Crippen molar-refractivity contribution in [3.63, 3.8) is 0 Å². The molecule has 1 spiro atoms.